The standard InChI is InChI=1S/C16H20F3NO4/c1-9(2)7-12(14(21)22)20-13(15(23)24)8-10-5-3-4-6-11(10)16(17,18)19/h3-6,9,12-13,20H,7-8H2,1-2H3,(H,21,22)(H,23,24)/t12-,13-/m0/s1. The Morgan fingerprint density at radius 1 is 1.08 bits per heavy atom. The van der Waals surface area contributed by atoms with Crippen LogP contribution in [0.25, 0.3) is 0 Å². The average Bonchev–Trinajstić information content (AvgIpc) is 2.44. The zero-order valence-electron chi connectivity index (χ0n) is 13.3. The average molecular weight is 347 g/mol. The molecule has 3 N–H and O–H groups in total. The number of alkyl halides is 3. The monoisotopic (exact) mass is 347 g/mol. The zero-order chi connectivity index (χ0) is 18.5. The maximum absolute atomic E-state index is 13.0. The van der Waals surface area contributed by atoms with E-state index in [4.69, 9.17) is 5.11 Å². The van der Waals surface area contributed by atoms with E-state index in [0.29, 0.717) is 0 Å². The number of halogens is 3. The van der Waals surface area contributed by atoms with Crippen LogP contribution in [0.15, 0.2) is 24.3 Å². The van der Waals surface area contributed by atoms with E-state index in [1.54, 1.807) is 13.8 Å². The van der Waals surface area contributed by atoms with Crippen LogP contribution in [-0.2, 0) is 22.2 Å². The highest BCUT2D eigenvalue weighted by molar-refractivity contribution is 5.77. The van der Waals surface area contributed by atoms with Crippen LogP contribution in [0.3, 0.4) is 0 Å². The molecule has 1 aromatic carbocycles. The minimum atomic E-state index is -4.61. The molecule has 5 nitrogen and oxygen atoms in total. The van der Waals surface area contributed by atoms with Crippen molar-refractivity contribution in [3.63, 3.8) is 0 Å². The van der Waals surface area contributed by atoms with E-state index >= 15 is 0 Å². The lowest BCUT2D eigenvalue weighted by Gasteiger charge is -2.23. The topological polar surface area (TPSA) is 86.6 Å². The Hall–Kier alpha value is -2.09. The van der Waals surface area contributed by atoms with Crippen LogP contribution in [0.2, 0.25) is 0 Å². The summed E-state index contributed by atoms with van der Waals surface area (Å²) in [7, 11) is 0. The van der Waals surface area contributed by atoms with E-state index in [-0.39, 0.29) is 17.9 Å². The van der Waals surface area contributed by atoms with Crippen LogP contribution in [-0.4, -0.2) is 34.2 Å². The number of hydrogen-bond donors (Lipinski definition) is 3. The largest absolute Gasteiger partial charge is 0.480 e. The molecule has 134 valence electrons. The van der Waals surface area contributed by atoms with Gasteiger partial charge in [-0.2, -0.15) is 13.2 Å². The quantitative estimate of drug-likeness (QED) is 0.673. The van der Waals surface area contributed by atoms with Crippen LogP contribution >= 0.6 is 0 Å². The van der Waals surface area contributed by atoms with Crippen molar-refractivity contribution in [3.05, 3.63) is 35.4 Å². The van der Waals surface area contributed by atoms with Gasteiger partial charge in [-0.1, -0.05) is 32.0 Å². The number of nitrogens with one attached hydrogen (secondary N) is 1. The summed E-state index contributed by atoms with van der Waals surface area (Å²) in [6.45, 7) is 3.54. The van der Waals surface area contributed by atoms with Crippen LogP contribution in [0.1, 0.15) is 31.4 Å². The molecule has 0 spiro atoms. The molecule has 0 aliphatic rings. The Labute approximate surface area is 137 Å². The normalized spacial score (nSPS) is 14.4. The third-order valence-electron chi connectivity index (χ3n) is 3.45. The minimum absolute atomic E-state index is 0.0180. The van der Waals surface area contributed by atoms with Crippen molar-refractivity contribution in [3.8, 4) is 0 Å². The lowest BCUT2D eigenvalue weighted by atomic mass is 9.97. The van der Waals surface area contributed by atoms with Crippen molar-refractivity contribution < 1.29 is 33.0 Å². The van der Waals surface area contributed by atoms with E-state index in [0.717, 1.165) is 6.07 Å². The number of carboxylic acid groups (broad SMARTS) is 2. The molecule has 24 heavy (non-hydrogen) atoms. The van der Waals surface area contributed by atoms with Gasteiger partial charge in [-0.3, -0.25) is 14.9 Å². The van der Waals surface area contributed by atoms with Gasteiger partial charge in [0.05, 0.1) is 5.56 Å². The molecule has 1 rings (SSSR count). The maximum Gasteiger partial charge on any atom is 0.416 e. The first-order chi connectivity index (χ1) is 11.0. The Bertz CT molecular complexity index is 587. The second-order valence-electron chi connectivity index (χ2n) is 5.94. The molecule has 0 amide bonds. The summed E-state index contributed by atoms with van der Waals surface area (Å²) in [6.07, 6.45) is -4.91. The third kappa shape index (κ3) is 5.84. The van der Waals surface area contributed by atoms with Crippen LogP contribution in [0.4, 0.5) is 13.2 Å². The second kappa shape index (κ2) is 8.14. The number of aliphatic carboxylic acids is 2. The fourth-order valence-electron chi connectivity index (χ4n) is 2.37. The SMILES string of the molecule is CC(C)C[C@H](N[C@@H](Cc1ccccc1C(F)(F)F)C(=O)O)C(=O)O. The Kier molecular flexibility index (Phi) is 6.77. The number of carboxylic acids is 2. The Morgan fingerprint density at radius 2 is 1.62 bits per heavy atom. The van der Waals surface area contributed by atoms with E-state index in [1.807, 2.05) is 0 Å². The number of benzene rings is 1. The van der Waals surface area contributed by atoms with Crippen LogP contribution < -0.4 is 5.32 Å². The van der Waals surface area contributed by atoms with Crippen LogP contribution in [0.5, 0.6) is 0 Å². The molecule has 0 bridgehead atoms. The zero-order valence-corrected chi connectivity index (χ0v) is 13.3. The molecule has 0 saturated carbocycles. The van der Waals surface area contributed by atoms with Gasteiger partial charge in [0.25, 0.3) is 0 Å². The molecule has 0 aliphatic heterocycles. The summed E-state index contributed by atoms with van der Waals surface area (Å²) in [5.41, 5.74) is -1.12. The highest BCUT2D eigenvalue weighted by Crippen LogP contribution is 2.32. The van der Waals surface area contributed by atoms with E-state index < -0.39 is 42.2 Å². The molecule has 0 saturated heterocycles. The van der Waals surface area contributed by atoms with Gasteiger partial charge in [0.2, 0.25) is 0 Å². The van der Waals surface area contributed by atoms with E-state index in [1.165, 1.54) is 18.2 Å². The van der Waals surface area contributed by atoms with Gasteiger partial charge in [-0.25, -0.2) is 0 Å². The van der Waals surface area contributed by atoms with Gasteiger partial charge in [0, 0.05) is 0 Å². The smallest absolute Gasteiger partial charge is 0.416 e. The lowest BCUT2D eigenvalue weighted by Crippen LogP contribution is -2.49. The van der Waals surface area contributed by atoms with Gasteiger partial charge in [-0.05, 0) is 30.4 Å². The van der Waals surface area contributed by atoms with Gasteiger partial charge in [0.15, 0.2) is 0 Å². The molecular formula is C16H20F3NO4. The predicted octanol–water partition coefficient (Wildman–Crippen LogP) is 2.79. The van der Waals surface area contributed by atoms with Crippen LogP contribution in [0, 0.1) is 5.92 Å². The first-order valence-corrected chi connectivity index (χ1v) is 7.39. The molecule has 8 heteroatoms. The van der Waals surface area contributed by atoms with E-state index in [2.05, 4.69) is 5.32 Å². The minimum Gasteiger partial charge on any atom is -0.480 e. The third-order valence-corrected chi connectivity index (χ3v) is 3.45. The molecule has 0 aliphatic carbocycles. The van der Waals surface area contributed by atoms with Crippen molar-refractivity contribution >= 4 is 11.9 Å². The van der Waals surface area contributed by atoms with Gasteiger partial charge < -0.3 is 10.2 Å². The van der Waals surface area contributed by atoms with Crippen molar-refractivity contribution in [2.75, 3.05) is 0 Å². The second-order valence-corrected chi connectivity index (χ2v) is 5.94. The highest BCUT2D eigenvalue weighted by Gasteiger charge is 2.35. The fourth-order valence-corrected chi connectivity index (χ4v) is 2.37. The number of carbonyl (C=O) groups is 2. The first-order valence-electron chi connectivity index (χ1n) is 7.39. The summed E-state index contributed by atoms with van der Waals surface area (Å²) >= 11 is 0. The highest BCUT2D eigenvalue weighted by atomic mass is 19.4. The summed E-state index contributed by atoms with van der Waals surface area (Å²) in [5.74, 6) is -2.66. The van der Waals surface area contributed by atoms with Crippen molar-refractivity contribution in [2.24, 2.45) is 5.92 Å². The molecule has 0 aromatic heterocycles. The van der Waals surface area contributed by atoms with Gasteiger partial charge in [0.1, 0.15) is 12.1 Å². The van der Waals surface area contributed by atoms with Gasteiger partial charge >= 0.3 is 18.1 Å². The van der Waals surface area contributed by atoms with Crippen molar-refractivity contribution in [2.45, 2.75) is 44.9 Å². The van der Waals surface area contributed by atoms with Crippen molar-refractivity contribution in [1.29, 1.82) is 0 Å². The summed E-state index contributed by atoms with van der Waals surface area (Å²) in [4.78, 5) is 22.6. The molecule has 0 unspecified atom stereocenters. The molecule has 0 radical (unpaired) electrons. The molecule has 0 fully saturated rings. The lowest BCUT2D eigenvalue weighted by molar-refractivity contribution is -0.144. The van der Waals surface area contributed by atoms with Crippen molar-refractivity contribution in [1.82, 2.24) is 5.32 Å². The Morgan fingerprint density at radius 3 is 2.08 bits per heavy atom. The Balaban J connectivity index is 3.03. The molecule has 1 aromatic rings. The number of hydrogen-bond acceptors (Lipinski definition) is 3. The van der Waals surface area contributed by atoms with E-state index in [9.17, 15) is 27.9 Å². The summed E-state index contributed by atoms with van der Waals surface area (Å²) in [6, 6.07) is 2.08. The fraction of sp³-hybridized carbons (Fsp3) is 0.500. The first kappa shape index (κ1) is 20.0. The number of rotatable bonds is 8. The molecule has 2 atom stereocenters. The predicted molar refractivity (Wildman–Crippen MR) is 80.6 cm³/mol. The molecule has 0 heterocycles. The maximum atomic E-state index is 13.0. The molecular weight excluding hydrogens is 327 g/mol. The summed E-state index contributed by atoms with van der Waals surface area (Å²) in [5, 5.41) is 20.9. The van der Waals surface area contributed by atoms with Gasteiger partial charge in [-0.15, -0.1) is 0 Å². The summed E-state index contributed by atoms with van der Waals surface area (Å²) < 4.78 is 39.0.